The zero-order valence-electron chi connectivity index (χ0n) is 20.0. The molecule has 0 aliphatic heterocycles. The third-order valence-electron chi connectivity index (χ3n) is 5.47. The number of benzene rings is 3. The lowest BCUT2D eigenvalue weighted by atomic mass is 10.1. The Labute approximate surface area is 217 Å². The van der Waals surface area contributed by atoms with Crippen molar-refractivity contribution >= 4 is 40.2 Å². The average molecular weight is 526 g/mol. The summed E-state index contributed by atoms with van der Waals surface area (Å²) in [7, 11) is 1.57. The maximum absolute atomic E-state index is 13.6. The molecule has 0 saturated carbocycles. The highest BCUT2D eigenvalue weighted by atomic mass is 35.5. The molecule has 0 unspecified atom stereocenters. The molecule has 3 aromatic carbocycles. The topological polar surface area (TPSA) is 73.2 Å². The second kappa shape index (κ2) is 11.1. The first-order valence-electron chi connectivity index (χ1n) is 11.3. The predicted octanol–water partition coefficient (Wildman–Crippen LogP) is 5.86. The van der Waals surface area contributed by atoms with Crippen molar-refractivity contribution in [2.45, 2.75) is 24.8 Å². The van der Waals surface area contributed by atoms with Crippen LogP contribution in [0.3, 0.4) is 0 Å². The zero-order valence-corrected chi connectivity index (χ0v) is 21.6. The Morgan fingerprint density at radius 2 is 1.89 bits per heavy atom. The van der Waals surface area contributed by atoms with Crippen LogP contribution in [0.15, 0.2) is 70.6 Å². The third-order valence-corrected chi connectivity index (χ3v) is 6.81. The molecular weight excluding hydrogens is 501 g/mol. The lowest BCUT2D eigenvalue weighted by Gasteiger charge is -2.15. The Balaban J connectivity index is 1.79. The number of rotatable bonds is 8. The predicted molar refractivity (Wildman–Crippen MR) is 142 cm³/mol. The second-order valence-corrected chi connectivity index (χ2v) is 9.94. The van der Waals surface area contributed by atoms with Crippen LogP contribution >= 0.6 is 23.4 Å². The first-order chi connectivity index (χ1) is 17.3. The van der Waals surface area contributed by atoms with E-state index in [1.54, 1.807) is 55.6 Å². The summed E-state index contributed by atoms with van der Waals surface area (Å²) in [5.41, 5.74) is 1.89. The van der Waals surface area contributed by atoms with Crippen LogP contribution in [0.25, 0.3) is 16.6 Å². The van der Waals surface area contributed by atoms with Crippen molar-refractivity contribution in [3.63, 3.8) is 0 Å². The fraction of sp³-hybridized carbons (Fsp3) is 0.222. The highest BCUT2D eigenvalue weighted by Crippen LogP contribution is 2.29. The number of thioether (sulfide) groups is 1. The van der Waals surface area contributed by atoms with Gasteiger partial charge >= 0.3 is 0 Å². The third kappa shape index (κ3) is 5.71. The molecule has 0 aliphatic rings. The van der Waals surface area contributed by atoms with Crippen LogP contribution in [-0.4, -0.2) is 29.1 Å². The number of halogens is 2. The molecule has 186 valence electrons. The molecule has 9 heteroatoms. The van der Waals surface area contributed by atoms with Crippen molar-refractivity contribution in [3.8, 4) is 11.4 Å². The molecule has 0 fully saturated rings. The van der Waals surface area contributed by atoms with Crippen molar-refractivity contribution in [2.75, 3.05) is 13.7 Å². The van der Waals surface area contributed by atoms with Crippen LogP contribution in [0.1, 0.15) is 29.8 Å². The van der Waals surface area contributed by atoms with Gasteiger partial charge < -0.3 is 10.1 Å². The van der Waals surface area contributed by atoms with Gasteiger partial charge in [0.25, 0.3) is 11.5 Å². The lowest BCUT2D eigenvalue weighted by molar-refractivity contribution is 0.0949. The fourth-order valence-electron chi connectivity index (χ4n) is 3.54. The molecule has 4 rings (SSSR count). The van der Waals surface area contributed by atoms with Gasteiger partial charge in [-0.25, -0.2) is 9.37 Å². The van der Waals surface area contributed by atoms with Gasteiger partial charge in [0.05, 0.1) is 23.7 Å². The standard InChI is InChI=1S/C27H25ClFN3O3S/c1-16(2)14-30-25(33)17-5-11-22-24(12-17)31-27(36-15-18-4-6-19(29)13-23(18)28)32(26(22)34)20-7-9-21(35-3)10-8-20/h4-13,16H,14-15H2,1-3H3,(H,30,33). The summed E-state index contributed by atoms with van der Waals surface area (Å²) in [6.07, 6.45) is 0. The van der Waals surface area contributed by atoms with Crippen molar-refractivity contribution in [1.29, 1.82) is 0 Å². The van der Waals surface area contributed by atoms with Gasteiger partial charge in [-0.1, -0.05) is 43.3 Å². The van der Waals surface area contributed by atoms with E-state index in [9.17, 15) is 14.0 Å². The minimum Gasteiger partial charge on any atom is -0.497 e. The monoisotopic (exact) mass is 525 g/mol. The Morgan fingerprint density at radius 3 is 2.56 bits per heavy atom. The van der Waals surface area contributed by atoms with Gasteiger partial charge in [-0.2, -0.15) is 0 Å². The Bertz CT molecular complexity index is 1470. The minimum atomic E-state index is -0.420. The highest BCUT2D eigenvalue weighted by Gasteiger charge is 2.16. The SMILES string of the molecule is COc1ccc(-n2c(SCc3ccc(F)cc3Cl)nc3cc(C(=O)NCC(C)C)ccc3c2=O)cc1. The van der Waals surface area contributed by atoms with Crippen molar-refractivity contribution in [1.82, 2.24) is 14.9 Å². The van der Waals surface area contributed by atoms with E-state index in [2.05, 4.69) is 5.32 Å². The van der Waals surface area contributed by atoms with E-state index in [1.165, 1.54) is 28.5 Å². The van der Waals surface area contributed by atoms with E-state index < -0.39 is 5.82 Å². The summed E-state index contributed by atoms with van der Waals surface area (Å²) in [5.74, 6) is 0.687. The largest absolute Gasteiger partial charge is 0.497 e. The Hall–Kier alpha value is -3.36. The van der Waals surface area contributed by atoms with Gasteiger partial charge in [-0.15, -0.1) is 0 Å². The maximum atomic E-state index is 13.6. The molecule has 0 saturated heterocycles. The van der Waals surface area contributed by atoms with Crippen LogP contribution in [0, 0.1) is 11.7 Å². The number of amides is 1. The number of hydrogen-bond acceptors (Lipinski definition) is 5. The first-order valence-corrected chi connectivity index (χ1v) is 12.7. The number of methoxy groups -OCH3 is 1. The Kier molecular flexibility index (Phi) is 7.96. The van der Waals surface area contributed by atoms with Crippen LogP contribution in [0.5, 0.6) is 5.75 Å². The number of carbonyl (C=O) groups excluding carboxylic acids is 1. The summed E-state index contributed by atoms with van der Waals surface area (Å²) in [4.78, 5) is 31.0. The van der Waals surface area contributed by atoms with Gasteiger partial charge in [0.1, 0.15) is 11.6 Å². The van der Waals surface area contributed by atoms with E-state index >= 15 is 0 Å². The summed E-state index contributed by atoms with van der Waals surface area (Å²) in [5, 5.41) is 3.98. The number of aromatic nitrogens is 2. The van der Waals surface area contributed by atoms with Crippen molar-refractivity contribution in [3.05, 3.63) is 93.0 Å². The minimum absolute atomic E-state index is 0.223. The Morgan fingerprint density at radius 1 is 1.14 bits per heavy atom. The van der Waals surface area contributed by atoms with Gasteiger partial charge in [-0.3, -0.25) is 14.2 Å². The van der Waals surface area contributed by atoms with Crippen LogP contribution in [0.4, 0.5) is 4.39 Å². The summed E-state index contributed by atoms with van der Waals surface area (Å²) in [6, 6.07) is 16.2. The van der Waals surface area contributed by atoms with Crippen LogP contribution in [-0.2, 0) is 5.75 Å². The molecular formula is C27H25ClFN3O3S. The average Bonchev–Trinajstić information content (AvgIpc) is 2.86. The molecule has 4 aromatic rings. The molecule has 6 nitrogen and oxygen atoms in total. The number of nitrogens with one attached hydrogen (secondary N) is 1. The lowest BCUT2D eigenvalue weighted by Crippen LogP contribution is -2.27. The zero-order chi connectivity index (χ0) is 25.8. The van der Waals surface area contributed by atoms with E-state index in [0.717, 1.165) is 0 Å². The number of hydrogen-bond donors (Lipinski definition) is 1. The summed E-state index contributed by atoms with van der Waals surface area (Å²) >= 11 is 7.51. The molecule has 0 radical (unpaired) electrons. The number of nitrogens with zero attached hydrogens (tertiary/aromatic N) is 2. The molecule has 0 atom stereocenters. The molecule has 1 N–H and O–H groups in total. The molecule has 0 bridgehead atoms. The molecule has 36 heavy (non-hydrogen) atoms. The highest BCUT2D eigenvalue weighted by molar-refractivity contribution is 7.98. The fourth-order valence-corrected chi connectivity index (χ4v) is 4.87. The van der Waals surface area contributed by atoms with Crippen LogP contribution < -0.4 is 15.6 Å². The van der Waals surface area contributed by atoms with Crippen molar-refractivity contribution in [2.24, 2.45) is 5.92 Å². The maximum Gasteiger partial charge on any atom is 0.266 e. The van der Waals surface area contributed by atoms with Gasteiger partial charge in [0, 0.05) is 22.9 Å². The summed E-state index contributed by atoms with van der Waals surface area (Å²) < 4.78 is 20.3. The van der Waals surface area contributed by atoms with Crippen LogP contribution in [0.2, 0.25) is 5.02 Å². The van der Waals surface area contributed by atoms with E-state index in [4.69, 9.17) is 21.3 Å². The smallest absolute Gasteiger partial charge is 0.266 e. The van der Waals surface area contributed by atoms with E-state index in [1.807, 2.05) is 13.8 Å². The van der Waals surface area contributed by atoms with Gasteiger partial charge in [-0.05, 0) is 66.1 Å². The first kappa shape index (κ1) is 25.7. The molecule has 0 aliphatic carbocycles. The summed E-state index contributed by atoms with van der Waals surface area (Å²) in [6.45, 7) is 4.57. The molecule has 1 amide bonds. The van der Waals surface area contributed by atoms with Crippen molar-refractivity contribution < 1.29 is 13.9 Å². The molecule has 1 heterocycles. The van der Waals surface area contributed by atoms with E-state index in [-0.39, 0.29) is 11.5 Å². The number of fused-ring (bicyclic) bond motifs is 1. The molecule has 0 spiro atoms. The quantitative estimate of drug-likeness (QED) is 0.230. The normalized spacial score (nSPS) is 11.2. The van der Waals surface area contributed by atoms with Gasteiger partial charge in [0.15, 0.2) is 5.16 Å². The molecule has 1 aromatic heterocycles. The van der Waals surface area contributed by atoms with E-state index in [0.29, 0.717) is 61.9 Å². The van der Waals surface area contributed by atoms with Gasteiger partial charge in [0.2, 0.25) is 0 Å². The second-order valence-electron chi connectivity index (χ2n) is 8.59. The number of carbonyl (C=O) groups is 1. The number of ether oxygens (including phenoxy) is 1.